The van der Waals surface area contributed by atoms with Gasteiger partial charge in [0.1, 0.15) is 12.4 Å². The number of nitrogen functional groups attached to an aromatic ring is 1. The largest absolute Gasteiger partial charge is 0.489 e. The third-order valence-corrected chi connectivity index (χ3v) is 3.67. The molecule has 0 amide bonds. The van der Waals surface area contributed by atoms with Crippen molar-refractivity contribution in [2.24, 2.45) is 5.14 Å². The van der Waals surface area contributed by atoms with Gasteiger partial charge in [0, 0.05) is 12.7 Å². The number of hydrogen-bond acceptors (Lipinski definition) is 5. The summed E-state index contributed by atoms with van der Waals surface area (Å²) in [6, 6.07) is 4.15. The molecule has 1 heterocycles. The van der Waals surface area contributed by atoms with E-state index in [1.54, 1.807) is 0 Å². The minimum Gasteiger partial charge on any atom is -0.489 e. The van der Waals surface area contributed by atoms with Gasteiger partial charge in [-0.3, -0.25) is 0 Å². The minimum absolute atomic E-state index is 0.0148. The highest BCUT2D eigenvalue weighted by Gasteiger charge is 2.17. The molecule has 1 saturated heterocycles. The summed E-state index contributed by atoms with van der Waals surface area (Å²) in [5.74, 6) is 0.317. The molecule has 1 aromatic rings. The predicted octanol–water partition coefficient (Wildman–Crippen LogP) is 0.474. The van der Waals surface area contributed by atoms with E-state index < -0.39 is 10.0 Å². The van der Waals surface area contributed by atoms with Crippen LogP contribution in [0.3, 0.4) is 0 Å². The maximum atomic E-state index is 11.2. The van der Waals surface area contributed by atoms with Crippen molar-refractivity contribution in [2.75, 3.05) is 18.9 Å². The predicted molar refractivity (Wildman–Crippen MR) is 66.7 cm³/mol. The summed E-state index contributed by atoms with van der Waals surface area (Å²) in [5, 5.41) is 5.05. The van der Waals surface area contributed by atoms with Gasteiger partial charge < -0.3 is 15.2 Å². The van der Waals surface area contributed by atoms with Crippen LogP contribution in [0.4, 0.5) is 5.69 Å². The molecule has 7 heteroatoms. The Hall–Kier alpha value is -1.31. The number of sulfonamides is 1. The first kappa shape index (κ1) is 13.1. The van der Waals surface area contributed by atoms with Crippen molar-refractivity contribution in [1.29, 1.82) is 0 Å². The highest BCUT2D eigenvalue weighted by atomic mass is 32.2. The Morgan fingerprint density at radius 3 is 2.83 bits per heavy atom. The van der Waals surface area contributed by atoms with Gasteiger partial charge in [-0.1, -0.05) is 0 Å². The van der Waals surface area contributed by atoms with Gasteiger partial charge in [-0.25, -0.2) is 13.6 Å². The van der Waals surface area contributed by atoms with E-state index in [1.807, 2.05) is 0 Å². The quantitative estimate of drug-likeness (QED) is 0.775. The van der Waals surface area contributed by atoms with E-state index in [-0.39, 0.29) is 11.0 Å². The molecular weight excluding hydrogens is 256 g/mol. The van der Waals surface area contributed by atoms with Crippen LogP contribution in [0.5, 0.6) is 5.75 Å². The summed E-state index contributed by atoms with van der Waals surface area (Å²) in [4.78, 5) is -0.0148. The fourth-order valence-electron chi connectivity index (χ4n) is 1.78. The second kappa shape index (κ2) is 5.13. The molecule has 1 aliphatic heterocycles. The van der Waals surface area contributed by atoms with Crippen molar-refractivity contribution in [3.05, 3.63) is 18.2 Å². The molecule has 1 aromatic carbocycles. The van der Waals surface area contributed by atoms with Crippen molar-refractivity contribution in [2.45, 2.75) is 23.8 Å². The fraction of sp³-hybridized carbons (Fsp3) is 0.455. The van der Waals surface area contributed by atoms with E-state index in [0.717, 1.165) is 19.4 Å². The first-order chi connectivity index (χ1) is 8.47. The highest BCUT2D eigenvalue weighted by Crippen LogP contribution is 2.25. The van der Waals surface area contributed by atoms with Crippen molar-refractivity contribution in [3.8, 4) is 5.75 Å². The summed E-state index contributed by atoms with van der Waals surface area (Å²) >= 11 is 0. The minimum atomic E-state index is -3.75. The Balaban J connectivity index is 2.11. The highest BCUT2D eigenvalue weighted by molar-refractivity contribution is 7.89. The monoisotopic (exact) mass is 272 g/mol. The van der Waals surface area contributed by atoms with Gasteiger partial charge in [-0.2, -0.15) is 0 Å². The lowest BCUT2D eigenvalue weighted by molar-refractivity contribution is 0.0681. The molecule has 1 aliphatic rings. The maximum absolute atomic E-state index is 11.2. The standard InChI is InChI=1S/C11H16N2O4S/c12-10-4-3-9(18(13,14)15)6-11(10)17-7-8-2-1-5-16-8/h3-4,6,8H,1-2,5,7,12H2,(H2,13,14,15). The van der Waals surface area contributed by atoms with Crippen LogP contribution in [-0.4, -0.2) is 27.7 Å². The molecule has 0 bridgehead atoms. The van der Waals surface area contributed by atoms with Crippen LogP contribution in [0.1, 0.15) is 12.8 Å². The molecule has 0 radical (unpaired) electrons. The van der Waals surface area contributed by atoms with Gasteiger partial charge in [-0.15, -0.1) is 0 Å². The van der Waals surface area contributed by atoms with Crippen LogP contribution >= 0.6 is 0 Å². The molecular formula is C11H16N2O4S. The summed E-state index contributed by atoms with van der Waals surface area (Å²) in [7, 11) is -3.75. The van der Waals surface area contributed by atoms with Crippen LogP contribution in [0.2, 0.25) is 0 Å². The van der Waals surface area contributed by atoms with Gasteiger partial charge in [0.05, 0.1) is 16.7 Å². The number of primary sulfonamides is 1. The smallest absolute Gasteiger partial charge is 0.238 e. The molecule has 0 saturated carbocycles. The van der Waals surface area contributed by atoms with Crippen molar-refractivity contribution in [1.82, 2.24) is 0 Å². The van der Waals surface area contributed by atoms with Crippen LogP contribution in [0.25, 0.3) is 0 Å². The average molecular weight is 272 g/mol. The lowest BCUT2D eigenvalue weighted by Gasteiger charge is -2.13. The Morgan fingerprint density at radius 1 is 1.44 bits per heavy atom. The zero-order valence-corrected chi connectivity index (χ0v) is 10.7. The van der Waals surface area contributed by atoms with Gasteiger partial charge in [0.25, 0.3) is 0 Å². The third kappa shape index (κ3) is 3.12. The molecule has 1 fully saturated rings. The Bertz CT molecular complexity index is 524. The van der Waals surface area contributed by atoms with E-state index in [4.69, 9.17) is 20.3 Å². The lowest BCUT2D eigenvalue weighted by atomic mass is 10.2. The van der Waals surface area contributed by atoms with Crippen LogP contribution in [0.15, 0.2) is 23.1 Å². The molecule has 0 spiro atoms. The van der Waals surface area contributed by atoms with Gasteiger partial charge >= 0.3 is 0 Å². The van der Waals surface area contributed by atoms with Crippen LogP contribution in [0, 0.1) is 0 Å². The Kier molecular flexibility index (Phi) is 3.74. The fourth-order valence-corrected chi connectivity index (χ4v) is 2.30. The van der Waals surface area contributed by atoms with E-state index in [9.17, 15) is 8.42 Å². The summed E-state index contributed by atoms with van der Waals surface area (Å²) in [6.07, 6.45) is 2.00. The molecule has 2 rings (SSSR count). The zero-order chi connectivity index (χ0) is 13.2. The Labute approximate surface area is 106 Å². The van der Waals surface area contributed by atoms with Crippen LogP contribution < -0.4 is 15.6 Å². The van der Waals surface area contributed by atoms with Crippen molar-refractivity contribution in [3.63, 3.8) is 0 Å². The molecule has 100 valence electrons. The number of ether oxygens (including phenoxy) is 2. The summed E-state index contributed by atoms with van der Waals surface area (Å²) in [5.41, 5.74) is 6.09. The van der Waals surface area contributed by atoms with Gasteiger partial charge in [0.15, 0.2) is 0 Å². The summed E-state index contributed by atoms with van der Waals surface area (Å²) in [6.45, 7) is 1.10. The van der Waals surface area contributed by atoms with Crippen LogP contribution in [-0.2, 0) is 14.8 Å². The first-order valence-corrected chi connectivity index (χ1v) is 7.18. The van der Waals surface area contributed by atoms with E-state index in [0.29, 0.717) is 18.0 Å². The molecule has 6 nitrogen and oxygen atoms in total. The Morgan fingerprint density at radius 2 is 2.22 bits per heavy atom. The lowest BCUT2D eigenvalue weighted by Crippen LogP contribution is -2.17. The normalized spacial score (nSPS) is 19.9. The topological polar surface area (TPSA) is 105 Å². The maximum Gasteiger partial charge on any atom is 0.238 e. The number of anilines is 1. The second-order valence-corrected chi connectivity index (χ2v) is 5.75. The molecule has 18 heavy (non-hydrogen) atoms. The first-order valence-electron chi connectivity index (χ1n) is 5.63. The zero-order valence-electron chi connectivity index (χ0n) is 9.83. The number of rotatable bonds is 4. The number of benzene rings is 1. The molecule has 1 atom stereocenters. The molecule has 1 unspecified atom stereocenters. The van der Waals surface area contributed by atoms with E-state index >= 15 is 0 Å². The summed E-state index contributed by atoms with van der Waals surface area (Å²) < 4.78 is 33.3. The number of hydrogen-bond donors (Lipinski definition) is 2. The molecule has 0 aliphatic carbocycles. The van der Waals surface area contributed by atoms with Crippen molar-refractivity contribution >= 4 is 15.7 Å². The van der Waals surface area contributed by atoms with Gasteiger partial charge in [-0.05, 0) is 25.0 Å². The number of nitrogens with two attached hydrogens (primary N) is 2. The second-order valence-electron chi connectivity index (χ2n) is 4.19. The average Bonchev–Trinajstić information content (AvgIpc) is 2.79. The molecule has 4 N–H and O–H groups in total. The van der Waals surface area contributed by atoms with E-state index in [1.165, 1.54) is 18.2 Å². The third-order valence-electron chi connectivity index (χ3n) is 2.76. The van der Waals surface area contributed by atoms with Crippen molar-refractivity contribution < 1.29 is 17.9 Å². The molecule has 0 aromatic heterocycles. The van der Waals surface area contributed by atoms with E-state index in [2.05, 4.69) is 0 Å². The van der Waals surface area contributed by atoms with Gasteiger partial charge in [0.2, 0.25) is 10.0 Å². The SMILES string of the molecule is Nc1ccc(S(N)(=O)=O)cc1OCC1CCCO1.